The minimum absolute atomic E-state index is 0.359. The largest absolute Gasteiger partial charge is 0.0586 e. The lowest BCUT2D eigenvalue weighted by molar-refractivity contribution is 0.855. The van der Waals surface area contributed by atoms with Gasteiger partial charge >= 0.3 is 0 Å². The molecular weight excluding hydrogens is 224 g/mol. The number of benzene rings is 1. The lowest BCUT2D eigenvalue weighted by Crippen LogP contribution is -1.93. The Bertz CT molecular complexity index is 287. The minimum Gasteiger partial charge on any atom is -0.0586 e. The molecule has 0 nitrogen and oxygen atoms in total. The van der Waals surface area contributed by atoms with Crippen LogP contribution in [-0.4, -0.2) is 0 Å². The average molecular weight is 240 g/mol. The zero-order valence-electron chi connectivity index (χ0n) is 8.47. The van der Waals surface area contributed by atoms with Crippen molar-refractivity contribution in [1.29, 1.82) is 0 Å². The molecule has 1 aromatic carbocycles. The van der Waals surface area contributed by atoms with E-state index in [1.807, 2.05) is 0 Å². The second-order valence-electron chi connectivity index (χ2n) is 3.84. The second-order valence-corrected chi connectivity index (χ2v) is 4.69. The van der Waals surface area contributed by atoms with Crippen molar-refractivity contribution in [2.24, 2.45) is 0 Å². The zero-order valence-corrected chi connectivity index (χ0v) is 10.1. The first-order chi connectivity index (χ1) is 6.02. The highest BCUT2D eigenvalue weighted by Crippen LogP contribution is 2.27. The number of hydrogen-bond acceptors (Lipinski definition) is 0. The van der Waals surface area contributed by atoms with Gasteiger partial charge in [0.15, 0.2) is 0 Å². The highest BCUT2D eigenvalue weighted by molar-refractivity contribution is 9.10. The molecule has 0 spiro atoms. The first-order valence-electron chi connectivity index (χ1n) is 4.64. The monoisotopic (exact) mass is 239 g/mol. The van der Waals surface area contributed by atoms with Gasteiger partial charge in [-0.1, -0.05) is 48.8 Å². The minimum atomic E-state index is 0.359. The van der Waals surface area contributed by atoms with Crippen LogP contribution < -0.4 is 0 Å². The fourth-order valence-electron chi connectivity index (χ4n) is 1.32. The van der Waals surface area contributed by atoms with Gasteiger partial charge in [0.25, 0.3) is 0 Å². The molecule has 0 saturated heterocycles. The Hall–Kier alpha value is -0.300. The Balaban J connectivity index is 3.06. The maximum atomic E-state index is 4.00. The van der Waals surface area contributed by atoms with Gasteiger partial charge in [-0.15, -0.1) is 0 Å². The molecule has 13 heavy (non-hydrogen) atoms. The van der Waals surface area contributed by atoms with Gasteiger partial charge in [-0.3, -0.25) is 0 Å². The van der Waals surface area contributed by atoms with E-state index >= 15 is 0 Å². The molecular formula is C12H16Br. The number of hydrogen-bond donors (Lipinski definition) is 0. The van der Waals surface area contributed by atoms with Gasteiger partial charge in [-0.25, -0.2) is 0 Å². The Morgan fingerprint density at radius 3 is 2.23 bits per heavy atom. The van der Waals surface area contributed by atoms with Crippen molar-refractivity contribution in [2.75, 3.05) is 0 Å². The maximum Gasteiger partial charge on any atom is 0.0212 e. The normalized spacial score (nSPS) is 11.3. The lowest BCUT2D eigenvalue weighted by Gasteiger charge is -2.11. The molecule has 0 heterocycles. The van der Waals surface area contributed by atoms with Crippen LogP contribution in [0.5, 0.6) is 0 Å². The van der Waals surface area contributed by atoms with E-state index in [1.54, 1.807) is 0 Å². The molecule has 0 aliphatic carbocycles. The summed E-state index contributed by atoms with van der Waals surface area (Å²) in [7, 11) is 0. The zero-order chi connectivity index (χ0) is 10.0. The van der Waals surface area contributed by atoms with Gasteiger partial charge < -0.3 is 0 Å². The van der Waals surface area contributed by atoms with Crippen LogP contribution in [0, 0.1) is 6.92 Å². The third kappa shape index (κ3) is 2.57. The van der Waals surface area contributed by atoms with Crippen molar-refractivity contribution in [3.8, 4) is 0 Å². The molecule has 0 bridgehead atoms. The number of halogens is 1. The quantitative estimate of drug-likeness (QED) is 0.713. The summed E-state index contributed by atoms with van der Waals surface area (Å²) in [5, 5.41) is 0. The summed E-state index contributed by atoms with van der Waals surface area (Å²) < 4.78 is 1.20. The predicted octanol–water partition coefficient (Wildman–Crippen LogP) is 4.51. The van der Waals surface area contributed by atoms with Crippen molar-refractivity contribution < 1.29 is 0 Å². The highest BCUT2D eigenvalue weighted by atomic mass is 79.9. The molecule has 0 fully saturated rings. The molecule has 1 radical (unpaired) electrons. The molecule has 0 saturated carbocycles. The fraction of sp³-hybridized carbons (Fsp3) is 0.417. The van der Waals surface area contributed by atoms with E-state index in [1.165, 1.54) is 15.6 Å². The predicted molar refractivity (Wildman–Crippen MR) is 62.0 cm³/mol. The third-order valence-electron chi connectivity index (χ3n) is 2.22. The van der Waals surface area contributed by atoms with Crippen LogP contribution in [0.3, 0.4) is 0 Å². The van der Waals surface area contributed by atoms with Crippen LogP contribution in [0.1, 0.15) is 43.7 Å². The summed E-state index contributed by atoms with van der Waals surface area (Å²) in [6.45, 7) is 10.5. The standard InChI is InChI=1S/C12H16Br/c1-8(2)10-5-6-11(9(3)4)12(13)7-10/h5-9H,1H2,2-4H3. The number of rotatable bonds is 2. The molecule has 0 amide bonds. The van der Waals surface area contributed by atoms with Crippen LogP contribution in [0.4, 0.5) is 0 Å². The fourth-order valence-corrected chi connectivity index (χ4v) is 2.17. The average Bonchev–Trinajstić information content (AvgIpc) is 2.03. The van der Waals surface area contributed by atoms with Crippen LogP contribution >= 0.6 is 15.9 Å². The summed E-state index contributed by atoms with van der Waals surface area (Å²) in [5.74, 6) is 0.932. The molecule has 1 heteroatoms. The van der Waals surface area contributed by atoms with Crippen LogP contribution in [0.2, 0.25) is 0 Å². The van der Waals surface area contributed by atoms with Crippen LogP contribution in [0.25, 0.3) is 0 Å². The SMILES string of the molecule is [CH2]C(C)c1ccc(C(C)C)c(Br)c1. The molecule has 0 aliphatic heterocycles. The Kier molecular flexibility index (Phi) is 3.55. The van der Waals surface area contributed by atoms with E-state index in [2.05, 4.69) is 61.8 Å². The topological polar surface area (TPSA) is 0 Å². The maximum absolute atomic E-state index is 4.00. The molecule has 71 valence electrons. The molecule has 1 rings (SSSR count). The van der Waals surface area contributed by atoms with Gasteiger partial charge in [0.2, 0.25) is 0 Å². The van der Waals surface area contributed by atoms with Gasteiger partial charge in [0.05, 0.1) is 0 Å². The van der Waals surface area contributed by atoms with Gasteiger partial charge in [-0.05, 0) is 36.0 Å². The van der Waals surface area contributed by atoms with Gasteiger partial charge in [0.1, 0.15) is 0 Å². The Morgan fingerprint density at radius 1 is 1.23 bits per heavy atom. The molecule has 0 aliphatic rings. The first-order valence-corrected chi connectivity index (χ1v) is 5.44. The summed E-state index contributed by atoms with van der Waals surface area (Å²) in [5.41, 5.74) is 2.65. The van der Waals surface area contributed by atoms with Gasteiger partial charge in [-0.2, -0.15) is 0 Å². The second kappa shape index (κ2) is 4.28. The summed E-state index contributed by atoms with van der Waals surface area (Å²) in [4.78, 5) is 0. The van der Waals surface area contributed by atoms with Crippen molar-refractivity contribution in [2.45, 2.75) is 32.6 Å². The highest BCUT2D eigenvalue weighted by Gasteiger charge is 2.06. The van der Waals surface area contributed by atoms with Crippen molar-refractivity contribution in [3.63, 3.8) is 0 Å². The van der Waals surface area contributed by atoms with E-state index in [4.69, 9.17) is 0 Å². The molecule has 0 aromatic heterocycles. The lowest BCUT2D eigenvalue weighted by atomic mass is 9.97. The molecule has 0 N–H and O–H groups in total. The first kappa shape index (κ1) is 10.8. The van der Waals surface area contributed by atoms with Crippen molar-refractivity contribution in [3.05, 3.63) is 40.7 Å². The van der Waals surface area contributed by atoms with Crippen LogP contribution in [0.15, 0.2) is 22.7 Å². The third-order valence-corrected chi connectivity index (χ3v) is 2.90. The summed E-state index contributed by atoms with van der Waals surface area (Å²) in [6.07, 6.45) is 0. The van der Waals surface area contributed by atoms with Gasteiger partial charge in [0, 0.05) is 4.47 Å². The van der Waals surface area contributed by atoms with E-state index in [9.17, 15) is 0 Å². The van der Waals surface area contributed by atoms with Crippen molar-refractivity contribution in [1.82, 2.24) is 0 Å². The van der Waals surface area contributed by atoms with E-state index in [0.717, 1.165) is 0 Å². The summed E-state index contributed by atoms with van der Waals surface area (Å²) in [6, 6.07) is 6.52. The van der Waals surface area contributed by atoms with E-state index in [0.29, 0.717) is 11.8 Å². The molecule has 1 aromatic rings. The summed E-state index contributed by atoms with van der Waals surface area (Å²) >= 11 is 3.59. The van der Waals surface area contributed by atoms with Crippen LogP contribution in [-0.2, 0) is 0 Å². The Morgan fingerprint density at radius 2 is 1.85 bits per heavy atom. The van der Waals surface area contributed by atoms with Crippen molar-refractivity contribution >= 4 is 15.9 Å². The molecule has 1 atom stereocenters. The van der Waals surface area contributed by atoms with E-state index in [-0.39, 0.29) is 0 Å². The smallest absolute Gasteiger partial charge is 0.0212 e. The van der Waals surface area contributed by atoms with E-state index < -0.39 is 0 Å². The molecule has 1 unspecified atom stereocenters. The Labute approximate surface area is 89.5 Å².